The second-order valence-corrected chi connectivity index (χ2v) is 14.1. The van der Waals surface area contributed by atoms with Crippen molar-refractivity contribution in [1.29, 1.82) is 0 Å². The quantitative estimate of drug-likeness (QED) is 0.168. The second-order valence-electron chi connectivity index (χ2n) is 14.1. The van der Waals surface area contributed by atoms with E-state index in [0.717, 1.165) is 50.0 Å². The van der Waals surface area contributed by atoms with Crippen LogP contribution in [0.3, 0.4) is 0 Å². The van der Waals surface area contributed by atoms with Gasteiger partial charge in [0.25, 0.3) is 0 Å². The number of fused-ring (bicyclic) bond motifs is 9. The third-order valence-corrected chi connectivity index (χ3v) is 11.0. The molecule has 0 spiro atoms. The van der Waals surface area contributed by atoms with E-state index in [1.165, 1.54) is 54.4 Å². The first kappa shape index (κ1) is 30.5. The summed E-state index contributed by atoms with van der Waals surface area (Å²) in [6, 6.07) is 72.4. The summed E-state index contributed by atoms with van der Waals surface area (Å²) in [5.74, 6) is 0. The lowest BCUT2D eigenvalue weighted by molar-refractivity contribution is 0.672. The van der Waals surface area contributed by atoms with Crippen LogP contribution in [0.15, 0.2) is 205 Å². The number of hydrogen-bond donors (Lipinski definition) is 0. The minimum atomic E-state index is 0.865. The maximum Gasteiger partial charge on any atom is 0.143 e. The number of nitrogens with zero attached hydrogens (tertiary/aromatic N) is 1. The molecule has 0 bridgehead atoms. The SMILES string of the molecule is c1ccc(-c2cccc(N(c3cc(-c4cc5ccccc5c5ccccc45)c4ccccc4c3)c3cccc4oc5c6ccccc6ccc5c34)c2)cc1. The predicted molar refractivity (Wildman–Crippen MR) is 229 cm³/mol. The summed E-state index contributed by atoms with van der Waals surface area (Å²) in [6.45, 7) is 0. The standard InChI is InChI=1S/C52H33NO/c1-2-14-34(15-3-1)36-19-12-20-39(30-36)53(49-26-13-27-50-51(49)46-29-28-35-16-4-9-23-43(35)52(46)54-50)40-31-37-17-5-8-22-42(37)48(33-40)47-32-38-18-6-7-21-41(38)44-24-10-11-25-45(44)47/h1-33H. The number of furan rings is 1. The van der Waals surface area contributed by atoms with Gasteiger partial charge in [-0.3, -0.25) is 0 Å². The van der Waals surface area contributed by atoms with Crippen LogP contribution in [0.5, 0.6) is 0 Å². The van der Waals surface area contributed by atoms with Crippen molar-refractivity contribution in [2.45, 2.75) is 0 Å². The van der Waals surface area contributed by atoms with Crippen molar-refractivity contribution in [1.82, 2.24) is 0 Å². The summed E-state index contributed by atoms with van der Waals surface area (Å²) < 4.78 is 6.75. The van der Waals surface area contributed by atoms with Crippen LogP contribution in [-0.2, 0) is 0 Å². The van der Waals surface area contributed by atoms with E-state index >= 15 is 0 Å². The van der Waals surface area contributed by atoms with E-state index in [0.29, 0.717) is 0 Å². The summed E-state index contributed by atoms with van der Waals surface area (Å²) in [5, 5.41) is 11.9. The molecule has 1 aromatic heterocycles. The number of hydrogen-bond acceptors (Lipinski definition) is 2. The van der Waals surface area contributed by atoms with Crippen LogP contribution in [0.4, 0.5) is 17.1 Å². The van der Waals surface area contributed by atoms with Gasteiger partial charge in [0.05, 0.1) is 11.1 Å². The van der Waals surface area contributed by atoms with Crippen molar-refractivity contribution in [2.75, 3.05) is 4.90 Å². The fourth-order valence-corrected chi connectivity index (χ4v) is 8.53. The van der Waals surface area contributed by atoms with Crippen molar-refractivity contribution in [3.05, 3.63) is 200 Å². The van der Waals surface area contributed by atoms with Crippen molar-refractivity contribution >= 4 is 82.1 Å². The van der Waals surface area contributed by atoms with Crippen LogP contribution in [0.25, 0.3) is 87.3 Å². The summed E-state index contributed by atoms with van der Waals surface area (Å²) in [7, 11) is 0. The third kappa shape index (κ3) is 4.81. The van der Waals surface area contributed by atoms with Crippen LogP contribution in [0.1, 0.15) is 0 Å². The molecule has 2 nitrogen and oxygen atoms in total. The lowest BCUT2D eigenvalue weighted by atomic mass is 9.90. The van der Waals surface area contributed by atoms with Crippen LogP contribution >= 0.6 is 0 Å². The molecule has 0 amide bonds. The minimum Gasteiger partial charge on any atom is -0.455 e. The first-order chi connectivity index (χ1) is 26.8. The van der Waals surface area contributed by atoms with Crippen LogP contribution in [0, 0.1) is 0 Å². The molecule has 1 heterocycles. The first-order valence-electron chi connectivity index (χ1n) is 18.5. The normalized spacial score (nSPS) is 11.7. The van der Waals surface area contributed by atoms with Crippen LogP contribution in [-0.4, -0.2) is 0 Å². The molecule has 0 radical (unpaired) electrons. The Hall–Kier alpha value is -7.16. The fraction of sp³-hybridized carbons (Fsp3) is 0. The first-order valence-corrected chi connectivity index (χ1v) is 18.5. The van der Waals surface area contributed by atoms with Gasteiger partial charge in [0, 0.05) is 22.1 Å². The molecule has 252 valence electrons. The van der Waals surface area contributed by atoms with E-state index in [9.17, 15) is 0 Å². The van der Waals surface area contributed by atoms with E-state index in [4.69, 9.17) is 4.42 Å². The van der Waals surface area contributed by atoms with Gasteiger partial charge in [0.15, 0.2) is 0 Å². The van der Waals surface area contributed by atoms with Gasteiger partial charge >= 0.3 is 0 Å². The number of benzene rings is 10. The molecule has 0 aliphatic carbocycles. The van der Waals surface area contributed by atoms with Crippen molar-refractivity contribution < 1.29 is 4.42 Å². The highest BCUT2D eigenvalue weighted by Crippen LogP contribution is 2.47. The molecule has 11 rings (SSSR count). The molecule has 11 aromatic rings. The lowest BCUT2D eigenvalue weighted by Crippen LogP contribution is -2.11. The van der Waals surface area contributed by atoms with Gasteiger partial charge in [-0.25, -0.2) is 0 Å². The molecule has 0 fully saturated rings. The smallest absolute Gasteiger partial charge is 0.143 e. The molecule has 0 aliphatic rings. The Bertz CT molecular complexity index is 3230. The number of rotatable bonds is 5. The van der Waals surface area contributed by atoms with Gasteiger partial charge in [-0.15, -0.1) is 0 Å². The van der Waals surface area contributed by atoms with Gasteiger partial charge in [-0.1, -0.05) is 152 Å². The van der Waals surface area contributed by atoms with Gasteiger partial charge in [0.2, 0.25) is 0 Å². The minimum absolute atomic E-state index is 0.865. The lowest BCUT2D eigenvalue weighted by Gasteiger charge is -2.28. The monoisotopic (exact) mass is 687 g/mol. The van der Waals surface area contributed by atoms with Gasteiger partial charge in [-0.05, 0) is 108 Å². The summed E-state index contributed by atoms with van der Waals surface area (Å²) in [5.41, 5.74) is 9.76. The Balaban J connectivity index is 1.24. The van der Waals surface area contributed by atoms with Gasteiger partial charge < -0.3 is 9.32 Å². The zero-order valence-corrected chi connectivity index (χ0v) is 29.4. The summed E-state index contributed by atoms with van der Waals surface area (Å²) in [4.78, 5) is 2.43. The Morgan fingerprint density at radius 2 is 0.963 bits per heavy atom. The Morgan fingerprint density at radius 3 is 1.80 bits per heavy atom. The van der Waals surface area contributed by atoms with E-state index in [1.54, 1.807) is 0 Å². The Morgan fingerprint density at radius 1 is 0.333 bits per heavy atom. The average molecular weight is 688 g/mol. The summed E-state index contributed by atoms with van der Waals surface area (Å²) in [6.07, 6.45) is 0. The highest BCUT2D eigenvalue weighted by Gasteiger charge is 2.23. The number of anilines is 3. The second kappa shape index (κ2) is 12.2. The van der Waals surface area contributed by atoms with Crippen LogP contribution < -0.4 is 4.90 Å². The maximum absolute atomic E-state index is 6.75. The topological polar surface area (TPSA) is 16.4 Å². The molecule has 0 saturated heterocycles. The van der Waals surface area contributed by atoms with Gasteiger partial charge in [-0.2, -0.15) is 0 Å². The highest BCUT2D eigenvalue weighted by molar-refractivity contribution is 6.20. The van der Waals surface area contributed by atoms with Crippen molar-refractivity contribution in [3.63, 3.8) is 0 Å². The molecule has 0 unspecified atom stereocenters. The largest absolute Gasteiger partial charge is 0.455 e. The Kier molecular flexibility index (Phi) is 6.90. The molecule has 10 aromatic carbocycles. The zero-order valence-electron chi connectivity index (χ0n) is 29.4. The summed E-state index contributed by atoms with van der Waals surface area (Å²) >= 11 is 0. The van der Waals surface area contributed by atoms with Crippen molar-refractivity contribution in [3.8, 4) is 22.3 Å². The Labute approximate surface area is 312 Å². The molecule has 0 N–H and O–H groups in total. The molecular formula is C52H33NO. The van der Waals surface area contributed by atoms with E-state index in [-0.39, 0.29) is 0 Å². The van der Waals surface area contributed by atoms with E-state index in [2.05, 4.69) is 205 Å². The van der Waals surface area contributed by atoms with Gasteiger partial charge in [0.1, 0.15) is 11.2 Å². The molecule has 54 heavy (non-hydrogen) atoms. The highest BCUT2D eigenvalue weighted by atomic mass is 16.3. The molecule has 0 saturated carbocycles. The molecule has 0 aliphatic heterocycles. The average Bonchev–Trinajstić information content (AvgIpc) is 3.64. The molecular weight excluding hydrogens is 655 g/mol. The van der Waals surface area contributed by atoms with Crippen molar-refractivity contribution in [2.24, 2.45) is 0 Å². The fourth-order valence-electron chi connectivity index (χ4n) is 8.53. The van der Waals surface area contributed by atoms with E-state index in [1.807, 2.05) is 0 Å². The van der Waals surface area contributed by atoms with Crippen LogP contribution in [0.2, 0.25) is 0 Å². The zero-order chi connectivity index (χ0) is 35.6. The van der Waals surface area contributed by atoms with E-state index < -0.39 is 0 Å². The predicted octanol–water partition coefficient (Wildman–Crippen LogP) is 15.0. The maximum atomic E-state index is 6.75. The third-order valence-electron chi connectivity index (χ3n) is 11.0. The molecule has 2 heteroatoms. The molecule has 0 atom stereocenters.